The van der Waals surface area contributed by atoms with Gasteiger partial charge in [-0.2, -0.15) is 0 Å². The quantitative estimate of drug-likeness (QED) is 0.855. The fourth-order valence-corrected chi connectivity index (χ4v) is 2.44. The minimum Gasteiger partial charge on any atom is -0.379 e. The number of benzene rings is 1. The maximum Gasteiger partial charge on any atom is 0.229 e. The number of rotatable bonds is 6. The molecule has 0 spiro atoms. The molecule has 2 aromatic rings. The summed E-state index contributed by atoms with van der Waals surface area (Å²) in [6.07, 6.45) is 4.46. The lowest BCUT2D eigenvalue weighted by atomic mass is 10.2. The van der Waals surface area contributed by atoms with Gasteiger partial charge in [0.25, 0.3) is 0 Å². The summed E-state index contributed by atoms with van der Waals surface area (Å²) in [5.74, 6) is -0.621. The van der Waals surface area contributed by atoms with Crippen molar-refractivity contribution in [3.8, 4) is 0 Å². The minimum absolute atomic E-state index is 0.0773. The van der Waals surface area contributed by atoms with E-state index in [1.165, 1.54) is 12.1 Å². The van der Waals surface area contributed by atoms with Gasteiger partial charge >= 0.3 is 0 Å². The van der Waals surface area contributed by atoms with Crippen molar-refractivity contribution in [2.24, 2.45) is 0 Å². The highest BCUT2D eigenvalue weighted by Gasteiger charge is 2.09. The molecule has 0 aliphatic rings. The monoisotopic (exact) mass is 312 g/mol. The van der Waals surface area contributed by atoms with Crippen LogP contribution < -0.4 is 10.0 Å². The second-order valence-corrected chi connectivity index (χ2v) is 6.34. The highest BCUT2D eigenvalue weighted by Crippen LogP contribution is 2.21. The van der Waals surface area contributed by atoms with Gasteiger partial charge in [0.15, 0.2) is 0 Å². The maximum absolute atomic E-state index is 13.6. The Labute approximate surface area is 123 Å². The molecule has 21 heavy (non-hydrogen) atoms. The summed E-state index contributed by atoms with van der Waals surface area (Å²) in [6, 6.07) is 4.19. The molecule has 114 valence electrons. The van der Waals surface area contributed by atoms with Crippen LogP contribution in [-0.4, -0.2) is 24.2 Å². The molecule has 0 radical (unpaired) electrons. The van der Waals surface area contributed by atoms with E-state index in [1.807, 2.05) is 11.5 Å². The van der Waals surface area contributed by atoms with Crippen LogP contribution in [0.2, 0.25) is 0 Å². The van der Waals surface area contributed by atoms with E-state index in [4.69, 9.17) is 0 Å². The lowest BCUT2D eigenvalue weighted by molar-refractivity contribution is 0.604. The zero-order chi connectivity index (χ0) is 15.5. The number of anilines is 2. The molecule has 0 aliphatic carbocycles. The molecular formula is C13H17FN4O2S. The fraction of sp³-hybridized carbons (Fsp3) is 0.308. The first kappa shape index (κ1) is 15.3. The number of imidazole rings is 1. The van der Waals surface area contributed by atoms with Crippen molar-refractivity contribution in [2.45, 2.75) is 20.0 Å². The lowest BCUT2D eigenvalue weighted by Gasteiger charge is -2.11. The number of hydrogen-bond acceptors (Lipinski definition) is 4. The van der Waals surface area contributed by atoms with Gasteiger partial charge in [0.05, 0.1) is 30.5 Å². The van der Waals surface area contributed by atoms with E-state index in [-0.39, 0.29) is 5.69 Å². The summed E-state index contributed by atoms with van der Waals surface area (Å²) < 4.78 is 40.1. The predicted octanol–water partition coefficient (Wildman–Crippen LogP) is 2.03. The Morgan fingerprint density at radius 2 is 2.14 bits per heavy atom. The molecule has 0 fully saturated rings. The van der Waals surface area contributed by atoms with E-state index < -0.39 is 15.8 Å². The number of nitrogens with one attached hydrogen (secondary N) is 2. The average Bonchev–Trinajstić information content (AvgIpc) is 2.85. The van der Waals surface area contributed by atoms with Crippen molar-refractivity contribution in [1.82, 2.24) is 9.55 Å². The van der Waals surface area contributed by atoms with Crippen LogP contribution in [0.3, 0.4) is 0 Å². The summed E-state index contributed by atoms with van der Waals surface area (Å²) in [5.41, 5.74) is 1.53. The van der Waals surface area contributed by atoms with Crippen molar-refractivity contribution in [1.29, 1.82) is 0 Å². The third kappa shape index (κ3) is 4.19. The van der Waals surface area contributed by atoms with Gasteiger partial charge in [-0.15, -0.1) is 0 Å². The van der Waals surface area contributed by atoms with Gasteiger partial charge in [-0.1, -0.05) is 0 Å². The third-order valence-corrected chi connectivity index (χ3v) is 3.47. The van der Waals surface area contributed by atoms with E-state index in [2.05, 4.69) is 15.0 Å². The van der Waals surface area contributed by atoms with E-state index in [0.717, 1.165) is 18.5 Å². The minimum atomic E-state index is -3.52. The van der Waals surface area contributed by atoms with Crippen LogP contribution in [0, 0.1) is 5.82 Å². The molecule has 0 bridgehead atoms. The van der Waals surface area contributed by atoms with Crippen molar-refractivity contribution in [2.75, 3.05) is 16.3 Å². The molecule has 0 unspecified atom stereocenters. The molecule has 0 saturated heterocycles. The second-order valence-electron chi connectivity index (χ2n) is 4.59. The smallest absolute Gasteiger partial charge is 0.229 e. The number of nitrogens with zero attached hydrogens (tertiary/aromatic N) is 2. The SMILES string of the molecule is CCn1cncc1CNc1ccc(F)c(NS(C)(=O)=O)c1. The largest absolute Gasteiger partial charge is 0.379 e. The van der Waals surface area contributed by atoms with Crippen LogP contribution in [0.5, 0.6) is 0 Å². The van der Waals surface area contributed by atoms with Gasteiger partial charge < -0.3 is 9.88 Å². The van der Waals surface area contributed by atoms with Crippen molar-refractivity contribution in [3.05, 3.63) is 42.2 Å². The maximum atomic E-state index is 13.6. The molecule has 0 saturated carbocycles. The Hall–Kier alpha value is -2.09. The molecular weight excluding hydrogens is 295 g/mol. The number of halogens is 1. The molecule has 1 aromatic carbocycles. The Balaban J connectivity index is 2.12. The van der Waals surface area contributed by atoms with Gasteiger partial charge in [-0.25, -0.2) is 17.8 Å². The molecule has 1 heterocycles. The topological polar surface area (TPSA) is 76.0 Å². The Morgan fingerprint density at radius 1 is 1.38 bits per heavy atom. The average molecular weight is 312 g/mol. The zero-order valence-corrected chi connectivity index (χ0v) is 12.6. The van der Waals surface area contributed by atoms with Gasteiger partial charge in [-0.3, -0.25) is 4.72 Å². The number of aromatic nitrogens is 2. The zero-order valence-electron chi connectivity index (χ0n) is 11.8. The normalized spacial score (nSPS) is 11.4. The second kappa shape index (κ2) is 6.13. The van der Waals surface area contributed by atoms with Crippen LogP contribution in [-0.2, 0) is 23.1 Å². The number of hydrogen-bond donors (Lipinski definition) is 2. The van der Waals surface area contributed by atoms with Crippen LogP contribution >= 0.6 is 0 Å². The first-order valence-corrected chi connectivity index (χ1v) is 8.28. The Bertz CT molecular complexity index is 728. The first-order valence-electron chi connectivity index (χ1n) is 6.39. The van der Waals surface area contributed by atoms with Crippen molar-refractivity contribution >= 4 is 21.4 Å². The van der Waals surface area contributed by atoms with Gasteiger partial charge in [0.2, 0.25) is 10.0 Å². The molecule has 6 nitrogen and oxygen atoms in total. The van der Waals surface area contributed by atoms with Gasteiger partial charge in [0.1, 0.15) is 5.82 Å². The van der Waals surface area contributed by atoms with Gasteiger partial charge in [-0.05, 0) is 25.1 Å². The van der Waals surface area contributed by atoms with E-state index >= 15 is 0 Å². The predicted molar refractivity (Wildman–Crippen MR) is 80.1 cm³/mol. The van der Waals surface area contributed by atoms with Crippen molar-refractivity contribution < 1.29 is 12.8 Å². The van der Waals surface area contributed by atoms with E-state index in [9.17, 15) is 12.8 Å². The molecule has 0 atom stereocenters. The fourth-order valence-electron chi connectivity index (χ4n) is 1.89. The van der Waals surface area contributed by atoms with Gasteiger partial charge in [0, 0.05) is 18.4 Å². The van der Waals surface area contributed by atoms with E-state index in [1.54, 1.807) is 18.6 Å². The third-order valence-electron chi connectivity index (χ3n) is 2.87. The summed E-state index contributed by atoms with van der Waals surface area (Å²) in [4.78, 5) is 4.06. The standard InChI is InChI=1S/C13H17FN4O2S/c1-3-18-9-15-7-11(18)8-16-10-4-5-12(14)13(6-10)17-21(2,19)20/h4-7,9,16-17H,3,8H2,1-2H3. The van der Waals surface area contributed by atoms with Crippen LogP contribution in [0.15, 0.2) is 30.7 Å². The van der Waals surface area contributed by atoms with Crippen LogP contribution in [0.4, 0.5) is 15.8 Å². The van der Waals surface area contributed by atoms with E-state index in [0.29, 0.717) is 12.2 Å². The molecule has 0 aliphatic heterocycles. The van der Waals surface area contributed by atoms with Crippen LogP contribution in [0.25, 0.3) is 0 Å². The molecule has 8 heteroatoms. The van der Waals surface area contributed by atoms with Crippen LogP contribution in [0.1, 0.15) is 12.6 Å². The highest BCUT2D eigenvalue weighted by atomic mass is 32.2. The Morgan fingerprint density at radius 3 is 2.81 bits per heavy atom. The number of sulfonamides is 1. The molecule has 1 aromatic heterocycles. The first-order chi connectivity index (χ1) is 9.89. The number of aryl methyl sites for hydroxylation is 1. The Kier molecular flexibility index (Phi) is 4.46. The lowest BCUT2D eigenvalue weighted by Crippen LogP contribution is -2.11. The molecule has 0 amide bonds. The summed E-state index contributed by atoms with van der Waals surface area (Å²) in [5, 5.41) is 3.11. The highest BCUT2D eigenvalue weighted by molar-refractivity contribution is 7.92. The summed E-state index contributed by atoms with van der Waals surface area (Å²) in [6.45, 7) is 3.33. The molecule has 2 N–H and O–H groups in total. The summed E-state index contributed by atoms with van der Waals surface area (Å²) >= 11 is 0. The molecule has 2 rings (SSSR count). The van der Waals surface area contributed by atoms with Crippen molar-refractivity contribution in [3.63, 3.8) is 0 Å². The summed E-state index contributed by atoms with van der Waals surface area (Å²) in [7, 11) is -3.52.